The molecule has 3 nitrogen and oxygen atoms in total. The minimum atomic E-state index is 0.475. The van der Waals surface area contributed by atoms with Crippen LogP contribution in [0.3, 0.4) is 0 Å². The number of hydrogen-bond donors (Lipinski definition) is 1. The number of benzene rings is 3. The number of halogens is 3. The molecule has 1 N–H and O–H groups in total. The summed E-state index contributed by atoms with van der Waals surface area (Å²) in [5.41, 5.74) is 3.41. The predicted molar refractivity (Wildman–Crippen MR) is 112 cm³/mol. The van der Waals surface area contributed by atoms with E-state index >= 15 is 0 Å². The summed E-state index contributed by atoms with van der Waals surface area (Å²) in [4.78, 5) is 9.36. The Morgan fingerprint density at radius 3 is 2.42 bits per heavy atom. The van der Waals surface area contributed by atoms with E-state index in [9.17, 15) is 0 Å². The van der Waals surface area contributed by atoms with E-state index in [1.54, 1.807) is 12.1 Å². The Hall–Kier alpha value is -2.14. The average Bonchev–Trinajstić information content (AvgIpc) is 2.64. The molecule has 1 heterocycles. The van der Waals surface area contributed by atoms with Crippen LogP contribution in [-0.2, 0) is 0 Å². The van der Waals surface area contributed by atoms with Gasteiger partial charge in [0.15, 0.2) is 0 Å². The molecule has 0 aliphatic heterocycles. The Labute approximate surface area is 169 Å². The first kappa shape index (κ1) is 17.3. The van der Waals surface area contributed by atoms with Crippen molar-refractivity contribution < 1.29 is 0 Å². The lowest BCUT2D eigenvalue weighted by Crippen LogP contribution is -2.00. The smallest absolute Gasteiger partial charge is 0.228 e. The number of nitrogens with zero attached hydrogens (tertiary/aromatic N) is 2. The maximum Gasteiger partial charge on any atom is 0.228 e. The van der Waals surface area contributed by atoms with Gasteiger partial charge in [-0.05, 0) is 36.4 Å². The summed E-state index contributed by atoms with van der Waals surface area (Å²) in [5.74, 6) is 0.475. The maximum absolute atomic E-state index is 6.27. The lowest BCUT2D eigenvalue weighted by atomic mass is 10.1. The van der Waals surface area contributed by atoms with Crippen LogP contribution in [0.25, 0.3) is 22.2 Å². The molecule has 0 spiro atoms. The zero-order valence-electron chi connectivity index (χ0n) is 13.4. The Balaban J connectivity index is 1.87. The summed E-state index contributed by atoms with van der Waals surface area (Å²) >= 11 is 15.8. The molecule has 3 aromatic carbocycles. The van der Waals surface area contributed by atoms with Crippen molar-refractivity contribution in [2.45, 2.75) is 0 Å². The molecule has 0 aliphatic carbocycles. The summed E-state index contributed by atoms with van der Waals surface area (Å²) in [6.07, 6.45) is 0. The average molecular weight is 445 g/mol. The lowest BCUT2D eigenvalue weighted by molar-refractivity contribution is 1.21. The van der Waals surface area contributed by atoms with Crippen molar-refractivity contribution in [3.05, 3.63) is 81.2 Å². The van der Waals surface area contributed by atoms with Crippen LogP contribution in [0.1, 0.15) is 0 Å². The molecule has 26 heavy (non-hydrogen) atoms. The van der Waals surface area contributed by atoms with E-state index in [2.05, 4.69) is 26.2 Å². The first-order valence-electron chi connectivity index (χ1n) is 7.85. The largest absolute Gasteiger partial charge is 0.323 e. The highest BCUT2D eigenvalue weighted by molar-refractivity contribution is 9.10. The minimum absolute atomic E-state index is 0.475. The zero-order chi connectivity index (χ0) is 18.1. The molecule has 0 saturated heterocycles. The van der Waals surface area contributed by atoms with Crippen LogP contribution in [0.15, 0.2) is 71.2 Å². The van der Waals surface area contributed by atoms with Gasteiger partial charge < -0.3 is 5.32 Å². The molecule has 0 atom stereocenters. The van der Waals surface area contributed by atoms with Crippen LogP contribution in [0.2, 0.25) is 10.0 Å². The third-order valence-corrected chi connectivity index (χ3v) is 4.92. The van der Waals surface area contributed by atoms with Crippen molar-refractivity contribution in [1.82, 2.24) is 9.97 Å². The van der Waals surface area contributed by atoms with Crippen LogP contribution < -0.4 is 5.32 Å². The molecule has 4 rings (SSSR count). The second-order valence-corrected chi connectivity index (χ2v) is 7.43. The highest BCUT2D eigenvalue weighted by Gasteiger charge is 2.11. The Bertz CT molecular complexity index is 1100. The summed E-state index contributed by atoms with van der Waals surface area (Å²) < 4.78 is 0.979. The number of anilines is 2. The van der Waals surface area contributed by atoms with E-state index in [0.29, 0.717) is 21.7 Å². The van der Waals surface area contributed by atoms with Crippen LogP contribution in [0, 0.1) is 0 Å². The molecule has 128 valence electrons. The van der Waals surface area contributed by atoms with Crippen LogP contribution in [0.5, 0.6) is 0 Å². The second-order valence-electron chi connectivity index (χ2n) is 5.67. The van der Waals surface area contributed by atoms with Crippen molar-refractivity contribution in [3.8, 4) is 11.3 Å². The Morgan fingerprint density at radius 1 is 0.846 bits per heavy atom. The molecule has 0 saturated carbocycles. The van der Waals surface area contributed by atoms with Gasteiger partial charge in [0.1, 0.15) is 0 Å². The molecule has 0 fully saturated rings. The van der Waals surface area contributed by atoms with Crippen molar-refractivity contribution in [3.63, 3.8) is 0 Å². The molecular formula is C20H12BrCl2N3. The first-order valence-corrected chi connectivity index (χ1v) is 9.40. The molecule has 0 aliphatic rings. The molecule has 4 aromatic rings. The van der Waals surface area contributed by atoms with Gasteiger partial charge in [0.2, 0.25) is 5.95 Å². The van der Waals surface area contributed by atoms with Gasteiger partial charge in [-0.1, -0.05) is 69.5 Å². The van der Waals surface area contributed by atoms with Crippen molar-refractivity contribution >= 4 is 61.7 Å². The van der Waals surface area contributed by atoms with E-state index in [1.807, 2.05) is 54.6 Å². The zero-order valence-corrected chi connectivity index (χ0v) is 16.5. The number of fused-ring (bicyclic) bond motifs is 1. The van der Waals surface area contributed by atoms with Gasteiger partial charge in [-0.2, -0.15) is 0 Å². The fraction of sp³-hybridized carbons (Fsp3) is 0. The maximum atomic E-state index is 6.27. The van der Waals surface area contributed by atoms with E-state index in [1.165, 1.54) is 0 Å². The number of aromatic nitrogens is 2. The third kappa shape index (κ3) is 3.54. The van der Waals surface area contributed by atoms with Gasteiger partial charge in [-0.25, -0.2) is 9.97 Å². The van der Waals surface area contributed by atoms with E-state index in [4.69, 9.17) is 28.2 Å². The minimum Gasteiger partial charge on any atom is -0.323 e. The fourth-order valence-corrected chi connectivity index (χ4v) is 3.50. The Kier molecular flexibility index (Phi) is 4.81. The molecule has 0 unspecified atom stereocenters. The fourth-order valence-electron chi connectivity index (χ4n) is 2.68. The van der Waals surface area contributed by atoms with Gasteiger partial charge in [0.05, 0.1) is 21.9 Å². The van der Waals surface area contributed by atoms with Crippen LogP contribution >= 0.6 is 39.1 Å². The van der Waals surface area contributed by atoms with Crippen molar-refractivity contribution in [1.29, 1.82) is 0 Å². The molecule has 0 bridgehead atoms. The van der Waals surface area contributed by atoms with E-state index < -0.39 is 0 Å². The molecule has 6 heteroatoms. The summed E-state index contributed by atoms with van der Waals surface area (Å²) in [5, 5.41) is 5.25. The van der Waals surface area contributed by atoms with Gasteiger partial charge in [0, 0.05) is 20.4 Å². The standard InChI is InChI=1S/C20H12BrCl2N3/c21-13-6-8-17-15(10-13)19(12-4-2-1-3-5-12)26-20(24-17)25-18-9-7-14(22)11-16(18)23/h1-11H,(H,24,25,26). The first-order chi connectivity index (χ1) is 12.6. The second kappa shape index (κ2) is 7.23. The highest BCUT2D eigenvalue weighted by atomic mass is 79.9. The topological polar surface area (TPSA) is 37.8 Å². The predicted octanol–water partition coefficient (Wildman–Crippen LogP) is 7.11. The number of nitrogens with one attached hydrogen (secondary N) is 1. The van der Waals surface area contributed by atoms with Crippen LogP contribution in [-0.4, -0.2) is 9.97 Å². The van der Waals surface area contributed by atoms with E-state index in [0.717, 1.165) is 26.6 Å². The highest BCUT2D eigenvalue weighted by Crippen LogP contribution is 2.32. The van der Waals surface area contributed by atoms with E-state index in [-0.39, 0.29) is 0 Å². The van der Waals surface area contributed by atoms with Gasteiger partial charge in [0.25, 0.3) is 0 Å². The molecule has 0 amide bonds. The molecular weight excluding hydrogens is 433 g/mol. The van der Waals surface area contributed by atoms with Crippen molar-refractivity contribution in [2.75, 3.05) is 5.32 Å². The molecule has 1 aromatic heterocycles. The van der Waals surface area contributed by atoms with Crippen molar-refractivity contribution in [2.24, 2.45) is 0 Å². The summed E-state index contributed by atoms with van der Waals surface area (Å²) in [6, 6.07) is 21.2. The normalized spacial score (nSPS) is 10.9. The van der Waals surface area contributed by atoms with Crippen LogP contribution in [0.4, 0.5) is 11.6 Å². The summed E-state index contributed by atoms with van der Waals surface area (Å²) in [7, 11) is 0. The molecule has 0 radical (unpaired) electrons. The number of rotatable bonds is 3. The lowest BCUT2D eigenvalue weighted by Gasteiger charge is -2.12. The SMILES string of the molecule is Clc1ccc(Nc2nc(-c3ccccc3)c3cc(Br)ccc3n2)c(Cl)c1. The van der Waals surface area contributed by atoms with Gasteiger partial charge in [-0.15, -0.1) is 0 Å². The summed E-state index contributed by atoms with van der Waals surface area (Å²) in [6.45, 7) is 0. The monoisotopic (exact) mass is 443 g/mol. The Morgan fingerprint density at radius 2 is 1.65 bits per heavy atom. The third-order valence-electron chi connectivity index (χ3n) is 3.88. The quantitative estimate of drug-likeness (QED) is 0.365. The number of hydrogen-bond acceptors (Lipinski definition) is 3. The van der Waals surface area contributed by atoms with Gasteiger partial charge in [-0.3, -0.25) is 0 Å². The van der Waals surface area contributed by atoms with Gasteiger partial charge >= 0.3 is 0 Å².